The Morgan fingerprint density at radius 1 is 1.41 bits per heavy atom. The fourth-order valence-corrected chi connectivity index (χ4v) is 2.58. The summed E-state index contributed by atoms with van der Waals surface area (Å²) in [6, 6.07) is 1.27. The molecule has 2 aliphatic heterocycles. The van der Waals surface area contributed by atoms with Gasteiger partial charge in [-0.3, -0.25) is 4.90 Å². The molecule has 0 radical (unpaired) electrons. The molecular weight excluding hydrogens is 216 g/mol. The van der Waals surface area contributed by atoms with Crippen molar-refractivity contribution >= 4 is 0 Å². The summed E-state index contributed by atoms with van der Waals surface area (Å²) >= 11 is 0. The second-order valence-electron chi connectivity index (χ2n) is 5.93. The van der Waals surface area contributed by atoms with Crippen LogP contribution in [0.25, 0.3) is 0 Å². The zero-order valence-electron chi connectivity index (χ0n) is 11.5. The average molecular weight is 242 g/mol. The van der Waals surface area contributed by atoms with Gasteiger partial charge in [0.15, 0.2) is 5.79 Å². The van der Waals surface area contributed by atoms with Crippen LogP contribution >= 0.6 is 0 Å². The summed E-state index contributed by atoms with van der Waals surface area (Å²) in [6.45, 7) is 12.5. The zero-order chi connectivity index (χ0) is 12.5. The Morgan fingerprint density at radius 2 is 2.18 bits per heavy atom. The van der Waals surface area contributed by atoms with Crippen LogP contribution in [0.3, 0.4) is 0 Å². The zero-order valence-corrected chi connectivity index (χ0v) is 11.5. The third kappa shape index (κ3) is 3.65. The minimum Gasteiger partial charge on any atom is -0.348 e. The van der Waals surface area contributed by atoms with Gasteiger partial charge in [-0.25, -0.2) is 0 Å². The molecule has 0 bridgehead atoms. The smallest absolute Gasteiger partial charge is 0.163 e. The SMILES string of the molecule is CC(C)N1CCC(NCC2COC(C)(C)O2)C1. The molecule has 100 valence electrons. The molecular formula is C13H26N2O2. The Hall–Kier alpha value is -0.160. The molecule has 1 N–H and O–H groups in total. The maximum atomic E-state index is 5.78. The van der Waals surface area contributed by atoms with Crippen LogP contribution in [-0.4, -0.2) is 55.1 Å². The minimum atomic E-state index is -0.397. The van der Waals surface area contributed by atoms with Crippen LogP contribution < -0.4 is 5.32 Å². The summed E-state index contributed by atoms with van der Waals surface area (Å²) in [5.41, 5.74) is 0. The summed E-state index contributed by atoms with van der Waals surface area (Å²) in [4.78, 5) is 2.52. The van der Waals surface area contributed by atoms with Crippen LogP contribution in [-0.2, 0) is 9.47 Å². The molecule has 0 aliphatic carbocycles. The largest absolute Gasteiger partial charge is 0.348 e. The van der Waals surface area contributed by atoms with Gasteiger partial charge in [0.25, 0.3) is 0 Å². The van der Waals surface area contributed by atoms with Crippen LogP contribution in [0, 0.1) is 0 Å². The Bertz CT molecular complexity index is 256. The van der Waals surface area contributed by atoms with Crippen molar-refractivity contribution in [2.24, 2.45) is 0 Å². The highest BCUT2D eigenvalue weighted by atomic mass is 16.7. The van der Waals surface area contributed by atoms with Crippen molar-refractivity contribution in [1.29, 1.82) is 0 Å². The maximum absolute atomic E-state index is 5.78. The van der Waals surface area contributed by atoms with E-state index < -0.39 is 5.79 Å². The number of nitrogens with one attached hydrogen (secondary N) is 1. The monoisotopic (exact) mass is 242 g/mol. The predicted molar refractivity (Wildman–Crippen MR) is 68.0 cm³/mol. The van der Waals surface area contributed by atoms with E-state index in [4.69, 9.17) is 9.47 Å². The second kappa shape index (κ2) is 5.22. The number of ether oxygens (including phenoxy) is 2. The Kier molecular flexibility index (Phi) is 4.08. The first kappa shape index (κ1) is 13.3. The van der Waals surface area contributed by atoms with E-state index >= 15 is 0 Å². The molecule has 2 saturated heterocycles. The normalized spacial score (nSPS) is 33.7. The predicted octanol–water partition coefficient (Wildman–Crippen LogP) is 1.21. The van der Waals surface area contributed by atoms with E-state index in [1.165, 1.54) is 13.0 Å². The van der Waals surface area contributed by atoms with E-state index in [2.05, 4.69) is 24.1 Å². The van der Waals surface area contributed by atoms with Crippen molar-refractivity contribution in [1.82, 2.24) is 10.2 Å². The summed E-state index contributed by atoms with van der Waals surface area (Å²) in [7, 11) is 0. The number of hydrogen-bond acceptors (Lipinski definition) is 4. The molecule has 2 fully saturated rings. The Morgan fingerprint density at radius 3 is 2.71 bits per heavy atom. The van der Waals surface area contributed by atoms with Crippen molar-refractivity contribution in [3.63, 3.8) is 0 Å². The number of hydrogen-bond donors (Lipinski definition) is 1. The van der Waals surface area contributed by atoms with Gasteiger partial charge in [0.2, 0.25) is 0 Å². The van der Waals surface area contributed by atoms with E-state index in [1.807, 2.05) is 13.8 Å². The van der Waals surface area contributed by atoms with Gasteiger partial charge in [-0.1, -0.05) is 0 Å². The molecule has 2 unspecified atom stereocenters. The van der Waals surface area contributed by atoms with E-state index in [0.29, 0.717) is 18.7 Å². The first-order valence-electron chi connectivity index (χ1n) is 6.75. The lowest BCUT2D eigenvalue weighted by Gasteiger charge is -2.21. The molecule has 0 aromatic rings. The second-order valence-corrected chi connectivity index (χ2v) is 5.93. The van der Waals surface area contributed by atoms with Gasteiger partial charge < -0.3 is 14.8 Å². The molecule has 0 saturated carbocycles. The van der Waals surface area contributed by atoms with Gasteiger partial charge >= 0.3 is 0 Å². The van der Waals surface area contributed by atoms with Crippen molar-refractivity contribution in [2.45, 2.75) is 58.1 Å². The van der Waals surface area contributed by atoms with Gasteiger partial charge in [0.05, 0.1) is 12.7 Å². The summed E-state index contributed by atoms with van der Waals surface area (Å²) in [6.07, 6.45) is 1.45. The molecule has 17 heavy (non-hydrogen) atoms. The van der Waals surface area contributed by atoms with Gasteiger partial charge in [-0.05, 0) is 40.7 Å². The topological polar surface area (TPSA) is 33.7 Å². The van der Waals surface area contributed by atoms with E-state index in [9.17, 15) is 0 Å². The van der Waals surface area contributed by atoms with Gasteiger partial charge in [0, 0.05) is 25.2 Å². The van der Waals surface area contributed by atoms with Crippen molar-refractivity contribution < 1.29 is 9.47 Å². The van der Waals surface area contributed by atoms with Crippen LogP contribution in [0.1, 0.15) is 34.1 Å². The van der Waals surface area contributed by atoms with Crippen LogP contribution in [0.15, 0.2) is 0 Å². The molecule has 0 aromatic heterocycles. The lowest BCUT2D eigenvalue weighted by Crippen LogP contribution is -2.39. The molecule has 0 amide bonds. The highest BCUT2D eigenvalue weighted by Crippen LogP contribution is 2.22. The summed E-state index contributed by atoms with van der Waals surface area (Å²) < 4.78 is 11.3. The highest BCUT2D eigenvalue weighted by Gasteiger charge is 2.33. The number of rotatable bonds is 4. The first-order valence-corrected chi connectivity index (χ1v) is 6.75. The minimum absolute atomic E-state index is 0.207. The standard InChI is InChI=1S/C13H26N2O2/c1-10(2)15-6-5-11(8-15)14-7-12-9-16-13(3,4)17-12/h10-12,14H,5-9H2,1-4H3. The van der Waals surface area contributed by atoms with Crippen molar-refractivity contribution in [3.05, 3.63) is 0 Å². The fourth-order valence-electron chi connectivity index (χ4n) is 2.58. The van der Waals surface area contributed by atoms with E-state index in [-0.39, 0.29) is 6.10 Å². The molecule has 2 rings (SSSR count). The number of likely N-dealkylation sites (tertiary alicyclic amines) is 1. The third-order valence-corrected chi connectivity index (χ3v) is 3.65. The number of nitrogens with zero attached hydrogens (tertiary/aromatic N) is 1. The molecule has 2 atom stereocenters. The summed E-state index contributed by atoms with van der Waals surface area (Å²) in [5.74, 6) is -0.397. The van der Waals surface area contributed by atoms with Gasteiger partial charge in [-0.15, -0.1) is 0 Å². The van der Waals surface area contributed by atoms with Gasteiger partial charge in [0.1, 0.15) is 0 Å². The Labute approximate surface area is 105 Å². The molecule has 4 heteroatoms. The van der Waals surface area contributed by atoms with Crippen molar-refractivity contribution in [2.75, 3.05) is 26.2 Å². The molecule has 0 aromatic carbocycles. The third-order valence-electron chi connectivity index (χ3n) is 3.65. The van der Waals surface area contributed by atoms with Crippen LogP contribution in [0.4, 0.5) is 0 Å². The molecule has 0 spiro atoms. The quantitative estimate of drug-likeness (QED) is 0.803. The van der Waals surface area contributed by atoms with E-state index in [1.54, 1.807) is 0 Å². The highest BCUT2D eigenvalue weighted by molar-refractivity contribution is 4.84. The lowest BCUT2D eigenvalue weighted by molar-refractivity contribution is -0.137. The first-order chi connectivity index (χ1) is 7.96. The molecule has 2 heterocycles. The fraction of sp³-hybridized carbons (Fsp3) is 1.00. The summed E-state index contributed by atoms with van der Waals surface area (Å²) in [5, 5.41) is 3.60. The average Bonchev–Trinajstić information content (AvgIpc) is 2.81. The Balaban J connectivity index is 1.67. The van der Waals surface area contributed by atoms with Crippen LogP contribution in [0.5, 0.6) is 0 Å². The molecule has 4 nitrogen and oxygen atoms in total. The van der Waals surface area contributed by atoms with E-state index in [0.717, 1.165) is 13.1 Å². The maximum Gasteiger partial charge on any atom is 0.163 e. The van der Waals surface area contributed by atoms with Crippen molar-refractivity contribution in [3.8, 4) is 0 Å². The molecule has 2 aliphatic rings. The van der Waals surface area contributed by atoms with Crippen LogP contribution in [0.2, 0.25) is 0 Å². The lowest BCUT2D eigenvalue weighted by atomic mass is 10.2. The van der Waals surface area contributed by atoms with Gasteiger partial charge in [-0.2, -0.15) is 0 Å².